The molecule has 1 amide bonds. The maximum Gasteiger partial charge on any atom is 0.225 e. The molecule has 0 spiro atoms. The minimum atomic E-state index is -0.585. The van der Waals surface area contributed by atoms with Gasteiger partial charge in [-0.1, -0.05) is 17.7 Å². The Bertz CT molecular complexity index is 421. The third kappa shape index (κ3) is 3.68. The Morgan fingerprint density at radius 2 is 2.24 bits per heavy atom. The summed E-state index contributed by atoms with van der Waals surface area (Å²) in [6.07, 6.45) is 2.71. The fraction of sp³-hybridized carbons (Fsp3) is 0.417. The number of hydrogen-bond acceptors (Lipinski definition) is 2. The highest BCUT2D eigenvalue weighted by Crippen LogP contribution is 2.22. The summed E-state index contributed by atoms with van der Waals surface area (Å²) in [7, 11) is 0. The van der Waals surface area contributed by atoms with E-state index in [1.807, 2.05) is 0 Å². The highest BCUT2D eigenvalue weighted by atomic mass is 35.5. The third-order valence-corrected chi connectivity index (χ3v) is 2.88. The van der Waals surface area contributed by atoms with E-state index in [2.05, 4.69) is 10.6 Å². The zero-order valence-corrected chi connectivity index (χ0v) is 10.1. The van der Waals surface area contributed by atoms with Crippen LogP contribution in [0.2, 0.25) is 5.02 Å². The van der Waals surface area contributed by atoms with Gasteiger partial charge in [0.05, 0.1) is 10.7 Å². The van der Waals surface area contributed by atoms with Gasteiger partial charge in [0, 0.05) is 19.0 Å². The van der Waals surface area contributed by atoms with Gasteiger partial charge in [0.25, 0.3) is 0 Å². The van der Waals surface area contributed by atoms with Crippen LogP contribution in [0.15, 0.2) is 18.2 Å². The maximum atomic E-state index is 13.5. The molecule has 0 heterocycles. The molecule has 0 radical (unpaired) electrons. The van der Waals surface area contributed by atoms with Gasteiger partial charge in [-0.3, -0.25) is 4.79 Å². The van der Waals surface area contributed by atoms with Crippen LogP contribution in [-0.4, -0.2) is 18.5 Å². The van der Waals surface area contributed by atoms with E-state index in [1.54, 1.807) is 6.07 Å². The molecule has 2 N–H and O–H groups in total. The Morgan fingerprint density at radius 3 is 2.94 bits per heavy atom. The normalized spacial score (nSPS) is 14.7. The number of amides is 1. The number of halogens is 2. The van der Waals surface area contributed by atoms with Crippen molar-refractivity contribution >= 4 is 23.2 Å². The number of nitrogens with one attached hydrogen (secondary N) is 2. The van der Waals surface area contributed by atoms with Crippen LogP contribution in [0.4, 0.5) is 10.1 Å². The van der Waals surface area contributed by atoms with Gasteiger partial charge < -0.3 is 10.6 Å². The number of rotatable bonds is 5. The topological polar surface area (TPSA) is 41.1 Å². The lowest BCUT2D eigenvalue weighted by Crippen LogP contribution is -2.23. The minimum absolute atomic E-state index is 0.0129. The second-order valence-corrected chi connectivity index (χ2v) is 4.54. The van der Waals surface area contributed by atoms with Gasteiger partial charge in [-0.2, -0.15) is 0 Å². The lowest BCUT2D eigenvalue weighted by Gasteiger charge is -2.07. The minimum Gasteiger partial charge on any atom is -0.324 e. The quantitative estimate of drug-likeness (QED) is 0.850. The molecule has 17 heavy (non-hydrogen) atoms. The summed E-state index contributed by atoms with van der Waals surface area (Å²) < 4.78 is 13.5. The molecular formula is C12H14ClFN2O. The van der Waals surface area contributed by atoms with E-state index >= 15 is 0 Å². The van der Waals surface area contributed by atoms with Crippen molar-refractivity contribution in [3.63, 3.8) is 0 Å². The van der Waals surface area contributed by atoms with E-state index in [0.717, 1.165) is 0 Å². The first-order chi connectivity index (χ1) is 8.16. The Hall–Kier alpha value is -1.13. The predicted octanol–water partition coefficient (Wildman–Crippen LogP) is 2.56. The summed E-state index contributed by atoms with van der Waals surface area (Å²) >= 11 is 5.61. The smallest absolute Gasteiger partial charge is 0.225 e. The van der Waals surface area contributed by atoms with Crippen molar-refractivity contribution in [1.82, 2.24) is 5.32 Å². The van der Waals surface area contributed by atoms with Gasteiger partial charge in [-0.15, -0.1) is 0 Å². The first kappa shape index (κ1) is 12.3. The predicted molar refractivity (Wildman–Crippen MR) is 65.7 cm³/mol. The SMILES string of the molecule is O=C(CCNC1CC1)Nc1cccc(Cl)c1F. The van der Waals surface area contributed by atoms with Crippen LogP contribution in [0.3, 0.4) is 0 Å². The summed E-state index contributed by atoms with van der Waals surface area (Å²) in [5.74, 6) is -0.794. The van der Waals surface area contributed by atoms with Crippen LogP contribution >= 0.6 is 11.6 Å². The van der Waals surface area contributed by atoms with Crippen molar-refractivity contribution in [2.75, 3.05) is 11.9 Å². The highest BCUT2D eigenvalue weighted by Gasteiger charge is 2.20. The molecule has 5 heteroatoms. The Labute approximate surface area is 104 Å². The molecule has 92 valence electrons. The molecule has 0 bridgehead atoms. The molecule has 1 fully saturated rings. The Kier molecular flexibility index (Phi) is 3.97. The third-order valence-electron chi connectivity index (χ3n) is 2.59. The number of hydrogen-bond donors (Lipinski definition) is 2. The van der Waals surface area contributed by atoms with E-state index in [9.17, 15) is 9.18 Å². The fourth-order valence-corrected chi connectivity index (χ4v) is 1.66. The van der Waals surface area contributed by atoms with Crippen molar-refractivity contribution < 1.29 is 9.18 Å². The van der Waals surface area contributed by atoms with E-state index in [4.69, 9.17) is 11.6 Å². The zero-order valence-electron chi connectivity index (χ0n) is 9.30. The number of carbonyl (C=O) groups excluding carboxylic acids is 1. The lowest BCUT2D eigenvalue weighted by atomic mass is 10.3. The lowest BCUT2D eigenvalue weighted by molar-refractivity contribution is -0.116. The molecule has 1 aromatic rings. The number of carbonyl (C=O) groups is 1. The van der Waals surface area contributed by atoms with Crippen LogP contribution in [0.1, 0.15) is 19.3 Å². The van der Waals surface area contributed by atoms with Crippen molar-refractivity contribution in [3.8, 4) is 0 Å². The van der Waals surface area contributed by atoms with Crippen molar-refractivity contribution in [3.05, 3.63) is 29.0 Å². The molecule has 1 aliphatic carbocycles. The maximum absolute atomic E-state index is 13.5. The molecule has 1 saturated carbocycles. The van der Waals surface area contributed by atoms with Gasteiger partial charge in [0.1, 0.15) is 0 Å². The van der Waals surface area contributed by atoms with Gasteiger partial charge in [-0.25, -0.2) is 4.39 Å². The average Bonchev–Trinajstić information content (AvgIpc) is 3.09. The molecular weight excluding hydrogens is 243 g/mol. The second kappa shape index (κ2) is 5.47. The average molecular weight is 257 g/mol. The van der Waals surface area contributed by atoms with Gasteiger partial charge in [-0.05, 0) is 25.0 Å². The molecule has 2 rings (SSSR count). The largest absolute Gasteiger partial charge is 0.324 e. The standard InChI is InChI=1S/C12H14ClFN2O/c13-9-2-1-3-10(12(9)14)16-11(17)6-7-15-8-4-5-8/h1-3,8,15H,4-7H2,(H,16,17). The fourth-order valence-electron chi connectivity index (χ4n) is 1.49. The van der Waals surface area contributed by atoms with E-state index in [-0.39, 0.29) is 16.6 Å². The van der Waals surface area contributed by atoms with Crippen LogP contribution in [0.25, 0.3) is 0 Å². The Morgan fingerprint density at radius 1 is 1.47 bits per heavy atom. The van der Waals surface area contributed by atoms with Crippen molar-refractivity contribution in [2.45, 2.75) is 25.3 Å². The van der Waals surface area contributed by atoms with Gasteiger partial charge in [0.15, 0.2) is 5.82 Å². The van der Waals surface area contributed by atoms with Crippen molar-refractivity contribution in [2.24, 2.45) is 0 Å². The molecule has 0 saturated heterocycles. The number of benzene rings is 1. The van der Waals surface area contributed by atoms with Gasteiger partial charge in [0.2, 0.25) is 5.91 Å². The van der Waals surface area contributed by atoms with E-state index < -0.39 is 5.82 Å². The first-order valence-electron chi connectivity index (χ1n) is 5.64. The van der Waals surface area contributed by atoms with Crippen LogP contribution in [0.5, 0.6) is 0 Å². The second-order valence-electron chi connectivity index (χ2n) is 4.13. The summed E-state index contributed by atoms with van der Waals surface area (Å²) in [5.41, 5.74) is 0.133. The van der Waals surface area contributed by atoms with Gasteiger partial charge >= 0.3 is 0 Å². The molecule has 3 nitrogen and oxygen atoms in total. The van der Waals surface area contributed by atoms with Crippen molar-refractivity contribution in [1.29, 1.82) is 0 Å². The summed E-state index contributed by atoms with van der Waals surface area (Å²) in [4.78, 5) is 11.5. The van der Waals surface area contributed by atoms with Crippen LogP contribution in [0, 0.1) is 5.82 Å². The number of anilines is 1. The molecule has 0 atom stereocenters. The Balaban J connectivity index is 1.82. The van der Waals surface area contributed by atoms with Crippen LogP contribution in [-0.2, 0) is 4.79 Å². The zero-order chi connectivity index (χ0) is 12.3. The molecule has 0 aliphatic heterocycles. The molecule has 0 unspecified atom stereocenters. The molecule has 1 aromatic carbocycles. The van der Waals surface area contributed by atoms with E-state index in [0.29, 0.717) is 19.0 Å². The monoisotopic (exact) mass is 256 g/mol. The first-order valence-corrected chi connectivity index (χ1v) is 6.02. The molecule has 1 aliphatic rings. The summed E-state index contributed by atoms with van der Waals surface area (Å²) in [6, 6.07) is 5.11. The highest BCUT2D eigenvalue weighted by molar-refractivity contribution is 6.31. The summed E-state index contributed by atoms with van der Waals surface area (Å²) in [5, 5.41) is 5.74. The molecule has 0 aromatic heterocycles. The summed E-state index contributed by atoms with van der Waals surface area (Å²) in [6.45, 7) is 0.624. The van der Waals surface area contributed by atoms with E-state index in [1.165, 1.54) is 25.0 Å². The van der Waals surface area contributed by atoms with Crippen LogP contribution < -0.4 is 10.6 Å².